The van der Waals surface area contributed by atoms with Crippen molar-refractivity contribution in [2.24, 2.45) is 0 Å². The zero-order chi connectivity index (χ0) is 10.9. The summed E-state index contributed by atoms with van der Waals surface area (Å²) in [4.78, 5) is 10.6. The maximum Gasteiger partial charge on any atom is 0.491 e. The van der Waals surface area contributed by atoms with Crippen molar-refractivity contribution in [2.75, 3.05) is 0 Å². The van der Waals surface area contributed by atoms with E-state index in [0.717, 1.165) is 6.07 Å². The van der Waals surface area contributed by atoms with Gasteiger partial charge in [0.15, 0.2) is 0 Å². The van der Waals surface area contributed by atoms with E-state index in [1.165, 1.54) is 6.07 Å². The van der Waals surface area contributed by atoms with Crippen LogP contribution in [0.25, 0.3) is 0 Å². The molecule has 14 heavy (non-hydrogen) atoms. The molecule has 0 aromatic heterocycles. The Labute approximate surface area is 87.3 Å². The van der Waals surface area contributed by atoms with E-state index >= 15 is 0 Å². The SMILES string of the molecule is O=C(O)c1c(Br)ccc(B(O)O)c1F. The topological polar surface area (TPSA) is 77.8 Å². The Balaban J connectivity index is 3.41. The molecular formula is C7H5BBrFO4. The van der Waals surface area contributed by atoms with Crippen LogP contribution in [-0.2, 0) is 0 Å². The lowest BCUT2D eigenvalue weighted by Gasteiger charge is -2.06. The van der Waals surface area contributed by atoms with Gasteiger partial charge in [-0.1, -0.05) is 6.07 Å². The molecule has 0 aliphatic carbocycles. The van der Waals surface area contributed by atoms with Gasteiger partial charge in [0.25, 0.3) is 0 Å². The van der Waals surface area contributed by atoms with Crippen molar-refractivity contribution in [1.29, 1.82) is 0 Å². The third kappa shape index (κ3) is 1.94. The summed E-state index contributed by atoms with van der Waals surface area (Å²) in [6.07, 6.45) is 0. The fraction of sp³-hybridized carbons (Fsp3) is 0. The van der Waals surface area contributed by atoms with Crippen LogP contribution in [0.4, 0.5) is 4.39 Å². The number of halogens is 2. The van der Waals surface area contributed by atoms with Crippen molar-refractivity contribution in [1.82, 2.24) is 0 Å². The molecule has 0 saturated carbocycles. The van der Waals surface area contributed by atoms with Crippen molar-refractivity contribution in [3.8, 4) is 0 Å². The number of carboxylic acids is 1. The van der Waals surface area contributed by atoms with Gasteiger partial charge in [0, 0.05) is 9.94 Å². The van der Waals surface area contributed by atoms with Gasteiger partial charge >= 0.3 is 13.1 Å². The van der Waals surface area contributed by atoms with Crippen LogP contribution < -0.4 is 5.46 Å². The number of aromatic carboxylic acids is 1. The highest BCUT2D eigenvalue weighted by Gasteiger charge is 2.23. The molecule has 0 radical (unpaired) electrons. The number of hydrogen-bond acceptors (Lipinski definition) is 3. The second-order valence-electron chi connectivity index (χ2n) is 2.50. The Bertz CT molecular complexity index is 382. The summed E-state index contributed by atoms with van der Waals surface area (Å²) >= 11 is 2.85. The predicted molar refractivity (Wildman–Crippen MR) is 50.9 cm³/mol. The molecule has 0 saturated heterocycles. The van der Waals surface area contributed by atoms with Crippen LogP contribution in [0, 0.1) is 5.82 Å². The summed E-state index contributed by atoms with van der Waals surface area (Å²) in [5.74, 6) is -2.63. The lowest BCUT2D eigenvalue weighted by molar-refractivity contribution is 0.0691. The molecule has 1 rings (SSSR count). The molecule has 0 aliphatic heterocycles. The Morgan fingerprint density at radius 3 is 2.43 bits per heavy atom. The van der Waals surface area contributed by atoms with Crippen LogP contribution in [0.15, 0.2) is 16.6 Å². The van der Waals surface area contributed by atoms with Crippen molar-refractivity contribution in [3.63, 3.8) is 0 Å². The van der Waals surface area contributed by atoms with Gasteiger partial charge in [-0.3, -0.25) is 0 Å². The van der Waals surface area contributed by atoms with Gasteiger partial charge in [0.1, 0.15) is 11.4 Å². The molecule has 0 amide bonds. The van der Waals surface area contributed by atoms with Crippen molar-refractivity contribution < 1.29 is 24.3 Å². The van der Waals surface area contributed by atoms with E-state index in [0.29, 0.717) is 0 Å². The first kappa shape index (κ1) is 11.2. The van der Waals surface area contributed by atoms with Crippen LogP contribution in [0.2, 0.25) is 0 Å². The Morgan fingerprint density at radius 2 is 2.00 bits per heavy atom. The molecule has 3 N–H and O–H groups in total. The quantitative estimate of drug-likeness (QED) is 0.654. The van der Waals surface area contributed by atoms with Gasteiger partial charge < -0.3 is 15.2 Å². The fourth-order valence-corrected chi connectivity index (χ4v) is 1.44. The van der Waals surface area contributed by atoms with Crippen LogP contribution in [0.1, 0.15) is 10.4 Å². The molecule has 74 valence electrons. The molecule has 0 aliphatic rings. The summed E-state index contributed by atoms with van der Waals surface area (Å²) in [5.41, 5.74) is -1.08. The van der Waals surface area contributed by atoms with Crippen molar-refractivity contribution >= 4 is 34.5 Å². The summed E-state index contributed by atoms with van der Waals surface area (Å²) in [5, 5.41) is 26.0. The van der Waals surface area contributed by atoms with E-state index in [-0.39, 0.29) is 4.47 Å². The van der Waals surface area contributed by atoms with E-state index in [4.69, 9.17) is 15.2 Å². The standard InChI is InChI=1S/C7H5BBrFO4/c9-4-2-1-3(8(13)14)6(10)5(4)7(11)12/h1-2,13-14H,(H,11,12). The number of rotatable bonds is 2. The highest BCUT2D eigenvalue weighted by molar-refractivity contribution is 9.10. The van der Waals surface area contributed by atoms with E-state index < -0.39 is 29.9 Å². The third-order valence-corrected chi connectivity index (χ3v) is 2.27. The maximum atomic E-state index is 13.3. The number of benzene rings is 1. The molecule has 0 heterocycles. The van der Waals surface area contributed by atoms with Gasteiger partial charge in [0.2, 0.25) is 0 Å². The first-order valence-electron chi connectivity index (χ1n) is 3.52. The second-order valence-corrected chi connectivity index (χ2v) is 3.36. The molecule has 0 bridgehead atoms. The fourth-order valence-electron chi connectivity index (χ4n) is 0.964. The monoisotopic (exact) mass is 262 g/mol. The van der Waals surface area contributed by atoms with E-state index in [1.807, 2.05) is 0 Å². The smallest absolute Gasteiger partial charge is 0.478 e. The van der Waals surface area contributed by atoms with Gasteiger partial charge in [0.05, 0.1) is 0 Å². The van der Waals surface area contributed by atoms with Crippen molar-refractivity contribution in [3.05, 3.63) is 28.0 Å². The first-order valence-corrected chi connectivity index (χ1v) is 4.31. The predicted octanol–water partition coefficient (Wildman–Crippen LogP) is -0.0338. The highest BCUT2D eigenvalue weighted by Crippen LogP contribution is 2.18. The maximum absolute atomic E-state index is 13.3. The lowest BCUT2D eigenvalue weighted by atomic mass is 9.79. The first-order chi connectivity index (χ1) is 6.45. The minimum Gasteiger partial charge on any atom is -0.478 e. The third-order valence-electron chi connectivity index (χ3n) is 1.61. The molecule has 0 atom stereocenters. The van der Waals surface area contributed by atoms with Crippen LogP contribution in [-0.4, -0.2) is 28.2 Å². The van der Waals surface area contributed by atoms with Crippen molar-refractivity contribution in [2.45, 2.75) is 0 Å². The minimum absolute atomic E-state index is 0.0481. The number of carbonyl (C=O) groups is 1. The van der Waals surface area contributed by atoms with Crippen LogP contribution in [0.3, 0.4) is 0 Å². The van der Waals surface area contributed by atoms with Gasteiger partial charge in [-0.2, -0.15) is 0 Å². The van der Waals surface area contributed by atoms with E-state index in [2.05, 4.69) is 15.9 Å². The normalized spacial score (nSPS) is 10.0. The molecule has 7 heteroatoms. The van der Waals surface area contributed by atoms with Gasteiger partial charge in [-0.25, -0.2) is 9.18 Å². The average molecular weight is 263 g/mol. The van der Waals surface area contributed by atoms with Gasteiger partial charge in [-0.15, -0.1) is 0 Å². The highest BCUT2D eigenvalue weighted by atomic mass is 79.9. The molecule has 1 aromatic rings. The van der Waals surface area contributed by atoms with Crippen LogP contribution in [0.5, 0.6) is 0 Å². The lowest BCUT2D eigenvalue weighted by Crippen LogP contribution is -2.34. The second kappa shape index (κ2) is 4.08. The van der Waals surface area contributed by atoms with Crippen LogP contribution >= 0.6 is 15.9 Å². The van der Waals surface area contributed by atoms with E-state index in [1.54, 1.807) is 0 Å². The minimum atomic E-state index is -2.03. The zero-order valence-corrected chi connectivity index (χ0v) is 8.32. The molecule has 0 spiro atoms. The summed E-state index contributed by atoms with van der Waals surface area (Å²) in [6, 6.07) is 2.33. The molecular weight excluding hydrogens is 258 g/mol. The number of hydrogen-bond donors (Lipinski definition) is 3. The molecule has 4 nitrogen and oxygen atoms in total. The molecule has 0 fully saturated rings. The Hall–Kier alpha value is -0.915. The Morgan fingerprint density at radius 1 is 1.43 bits per heavy atom. The molecule has 1 aromatic carbocycles. The summed E-state index contributed by atoms with van der Waals surface area (Å²) < 4.78 is 13.4. The average Bonchev–Trinajstić information content (AvgIpc) is 2.02. The zero-order valence-electron chi connectivity index (χ0n) is 6.74. The van der Waals surface area contributed by atoms with Gasteiger partial charge in [-0.05, 0) is 22.0 Å². The largest absolute Gasteiger partial charge is 0.491 e. The Kier molecular flexibility index (Phi) is 3.25. The van der Waals surface area contributed by atoms with E-state index in [9.17, 15) is 9.18 Å². The summed E-state index contributed by atoms with van der Waals surface area (Å²) in [7, 11) is -2.03. The number of carboxylic acid groups (broad SMARTS) is 1. The molecule has 0 unspecified atom stereocenters. The summed E-state index contributed by atoms with van der Waals surface area (Å²) in [6.45, 7) is 0.